The van der Waals surface area contributed by atoms with Crippen molar-refractivity contribution in [2.45, 2.75) is 66.1 Å². The first-order valence-corrected chi connectivity index (χ1v) is 10.6. The monoisotopic (exact) mass is 410 g/mol. The van der Waals surface area contributed by atoms with Gasteiger partial charge in [0.05, 0.1) is 0 Å². The van der Waals surface area contributed by atoms with Gasteiger partial charge in [0.2, 0.25) is 5.91 Å². The van der Waals surface area contributed by atoms with Gasteiger partial charge in [-0.3, -0.25) is 9.59 Å². The molecule has 1 unspecified atom stereocenters. The maximum atomic E-state index is 13.2. The van der Waals surface area contributed by atoms with Gasteiger partial charge in [-0.05, 0) is 56.4 Å². The molecule has 0 aliphatic rings. The van der Waals surface area contributed by atoms with E-state index in [9.17, 15) is 9.59 Å². The molecule has 0 heterocycles. The van der Waals surface area contributed by atoms with Crippen molar-refractivity contribution >= 4 is 11.8 Å². The third-order valence-corrected chi connectivity index (χ3v) is 5.09. The van der Waals surface area contributed by atoms with Crippen LogP contribution in [0.25, 0.3) is 0 Å². The molecule has 2 aromatic rings. The first-order chi connectivity index (χ1) is 14.2. The average Bonchev–Trinajstić information content (AvgIpc) is 2.70. The van der Waals surface area contributed by atoms with E-state index in [0.29, 0.717) is 12.3 Å². The minimum absolute atomic E-state index is 0.00420. The van der Waals surface area contributed by atoms with Crippen molar-refractivity contribution in [3.05, 3.63) is 65.2 Å². The number of rotatable bonds is 9. The van der Waals surface area contributed by atoms with Gasteiger partial charge in [0.25, 0.3) is 5.91 Å². The first-order valence-electron chi connectivity index (χ1n) is 10.6. The van der Waals surface area contributed by atoms with Crippen LogP contribution in [0.1, 0.15) is 57.2 Å². The van der Waals surface area contributed by atoms with Gasteiger partial charge >= 0.3 is 0 Å². The standard InChI is InChI=1S/C25H34N2O3/c1-17(2)22-13-9-10-14-23(22)30-16-24(28)27(20(6)25(29)26-18(3)4)15-21-12-8-7-11-19(21)5/h7-14,17-18,20H,15-16H2,1-6H3,(H,26,29). The van der Waals surface area contributed by atoms with E-state index in [-0.39, 0.29) is 30.4 Å². The largest absolute Gasteiger partial charge is 0.483 e. The van der Waals surface area contributed by atoms with E-state index in [2.05, 4.69) is 19.2 Å². The molecule has 2 amide bonds. The molecular weight excluding hydrogens is 376 g/mol. The Morgan fingerprint density at radius 2 is 1.60 bits per heavy atom. The molecule has 0 bridgehead atoms. The Morgan fingerprint density at radius 1 is 0.967 bits per heavy atom. The summed E-state index contributed by atoms with van der Waals surface area (Å²) in [6, 6.07) is 15.0. The Balaban J connectivity index is 2.21. The third kappa shape index (κ3) is 6.34. The molecule has 5 heteroatoms. The van der Waals surface area contributed by atoms with Crippen LogP contribution < -0.4 is 10.1 Å². The summed E-state index contributed by atoms with van der Waals surface area (Å²) in [5.74, 6) is 0.601. The van der Waals surface area contributed by atoms with Gasteiger partial charge in [-0.15, -0.1) is 0 Å². The highest BCUT2D eigenvalue weighted by Gasteiger charge is 2.27. The lowest BCUT2D eigenvalue weighted by Crippen LogP contribution is -2.50. The molecule has 0 aliphatic carbocycles. The second-order valence-electron chi connectivity index (χ2n) is 8.27. The Labute approximate surface area is 180 Å². The fourth-order valence-corrected chi connectivity index (χ4v) is 3.27. The van der Waals surface area contributed by atoms with E-state index in [1.165, 1.54) is 0 Å². The lowest BCUT2D eigenvalue weighted by Gasteiger charge is -2.30. The quantitative estimate of drug-likeness (QED) is 0.665. The highest BCUT2D eigenvalue weighted by atomic mass is 16.5. The summed E-state index contributed by atoms with van der Waals surface area (Å²) in [7, 11) is 0. The van der Waals surface area contributed by atoms with Crippen LogP contribution in [0.5, 0.6) is 5.75 Å². The Bertz CT molecular complexity index is 861. The molecule has 1 atom stereocenters. The number of benzene rings is 2. The Morgan fingerprint density at radius 3 is 2.23 bits per heavy atom. The van der Waals surface area contributed by atoms with Crippen LogP contribution in [-0.2, 0) is 16.1 Å². The van der Waals surface area contributed by atoms with Crippen molar-refractivity contribution in [3.63, 3.8) is 0 Å². The van der Waals surface area contributed by atoms with Crippen LogP contribution in [0.3, 0.4) is 0 Å². The summed E-state index contributed by atoms with van der Waals surface area (Å²) in [5.41, 5.74) is 3.15. The van der Waals surface area contributed by atoms with Gasteiger partial charge in [0.1, 0.15) is 11.8 Å². The topological polar surface area (TPSA) is 58.6 Å². The second-order valence-corrected chi connectivity index (χ2v) is 8.27. The van der Waals surface area contributed by atoms with E-state index in [0.717, 1.165) is 16.7 Å². The SMILES string of the molecule is Cc1ccccc1CN(C(=O)COc1ccccc1C(C)C)C(C)C(=O)NC(C)C. The molecule has 2 aromatic carbocycles. The van der Waals surface area contributed by atoms with Crippen molar-refractivity contribution in [3.8, 4) is 5.75 Å². The maximum Gasteiger partial charge on any atom is 0.261 e. The Hall–Kier alpha value is -2.82. The number of hydrogen-bond acceptors (Lipinski definition) is 3. The number of nitrogens with zero attached hydrogens (tertiary/aromatic N) is 1. The first kappa shape index (κ1) is 23.5. The summed E-state index contributed by atoms with van der Waals surface area (Å²) in [6.45, 7) is 12.0. The molecule has 162 valence electrons. The number of carbonyl (C=O) groups is 2. The molecule has 5 nitrogen and oxygen atoms in total. The van der Waals surface area contributed by atoms with Gasteiger partial charge in [0, 0.05) is 12.6 Å². The predicted octanol–water partition coefficient (Wildman–Crippen LogP) is 4.44. The van der Waals surface area contributed by atoms with Crippen molar-refractivity contribution in [2.24, 2.45) is 0 Å². The summed E-state index contributed by atoms with van der Waals surface area (Å²) in [5, 5.41) is 2.90. The second kappa shape index (κ2) is 10.8. The molecular formula is C25H34N2O3. The molecule has 0 saturated heterocycles. The van der Waals surface area contributed by atoms with Crippen molar-refractivity contribution < 1.29 is 14.3 Å². The molecule has 30 heavy (non-hydrogen) atoms. The summed E-state index contributed by atoms with van der Waals surface area (Å²) < 4.78 is 5.90. The zero-order valence-electron chi connectivity index (χ0n) is 18.9. The van der Waals surface area contributed by atoms with E-state index < -0.39 is 6.04 Å². The summed E-state index contributed by atoms with van der Waals surface area (Å²) in [4.78, 5) is 27.4. The molecule has 2 rings (SSSR count). The molecule has 0 radical (unpaired) electrons. The maximum absolute atomic E-state index is 13.2. The number of amides is 2. The van der Waals surface area contributed by atoms with Crippen LogP contribution in [-0.4, -0.2) is 35.4 Å². The average molecular weight is 411 g/mol. The third-order valence-electron chi connectivity index (χ3n) is 5.09. The molecule has 0 fully saturated rings. The minimum atomic E-state index is -0.608. The number of para-hydroxylation sites is 1. The zero-order valence-corrected chi connectivity index (χ0v) is 18.9. The van der Waals surface area contributed by atoms with E-state index >= 15 is 0 Å². The molecule has 1 N–H and O–H groups in total. The lowest BCUT2D eigenvalue weighted by atomic mass is 10.0. The summed E-state index contributed by atoms with van der Waals surface area (Å²) in [6.07, 6.45) is 0. The highest BCUT2D eigenvalue weighted by molar-refractivity contribution is 5.88. The highest BCUT2D eigenvalue weighted by Crippen LogP contribution is 2.26. The van der Waals surface area contributed by atoms with Crippen LogP contribution >= 0.6 is 0 Å². The molecule has 0 saturated carbocycles. The van der Waals surface area contributed by atoms with Crippen molar-refractivity contribution in [1.82, 2.24) is 10.2 Å². The minimum Gasteiger partial charge on any atom is -0.483 e. The zero-order chi connectivity index (χ0) is 22.3. The summed E-state index contributed by atoms with van der Waals surface area (Å²) >= 11 is 0. The van der Waals surface area contributed by atoms with Gasteiger partial charge in [-0.1, -0.05) is 56.3 Å². The molecule has 0 aromatic heterocycles. The fraction of sp³-hybridized carbons (Fsp3) is 0.440. The Kier molecular flexibility index (Phi) is 8.46. The van der Waals surface area contributed by atoms with Crippen LogP contribution in [0, 0.1) is 6.92 Å². The van der Waals surface area contributed by atoms with E-state index in [1.54, 1.807) is 11.8 Å². The van der Waals surface area contributed by atoms with Gasteiger partial charge in [0.15, 0.2) is 6.61 Å². The van der Waals surface area contributed by atoms with Crippen molar-refractivity contribution in [2.75, 3.05) is 6.61 Å². The van der Waals surface area contributed by atoms with Gasteiger partial charge in [-0.25, -0.2) is 0 Å². The van der Waals surface area contributed by atoms with Crippen molar-refractivity contribution in [1.29, 1.82) is 0 Å². The lowest BCUT2D eigenvalue weighted by molar-refractivity contribution is -0.142. The van der Waals surface area contributed by atoms with Crippen LogP contribution in [0.2, 0.25) is 0 Å². The molecule has 0 aliphatic heterocycles. The number of ether oxygens (including phenoxy) is 1. The number of aryl methyl sites for hydroxylation is 1. The van der Waals surface area contributed by atoms with Crippen LogP contribution in [0.15, 0.2) is 48.5 Å². The van der Waals surface area contributed by atoms with Crippen LogP contribution in [0.4, 0.5) is 0 Å². The number of hydrogen-bond donors (Lipinski definition) is 1. The predicted molar refractivity (Wildman–Crippen MR) is 120 cm³/mol. The van der Waals surface area contributed by atoms with Gasteiger partial charge < -0.3 is 15.0 Å². The molecule has 0 spiro atoms. The van der Waals surface area contributed by atoms with E-state index in [4.69, 9.17) is 4.74 Å². The normalized spacial score (nSPS) is 12.0. The number of nitrogens with one attached hydrogen (secondary N) is 1. The number of carbonyl (C=O) groups excluding carboxylic acids is 2. The van der Waals surface area contributed by atoms with Gasteiger partial charge in [-0.2, -0.15) is 0 Å². The smallest absolute Gasteiger partial charge is 0.261 e. The fourth-order valence-electron chi connectivity index (χ4n) is 3.27. The van der Waals surface area contributed by atoms with E-state index in [1.807, 2.05) is 69.3 Å².